The zero-order chi connectivity index (χ0) is 20.5. The molecule has 0 aromatic heterocycles. The number of carbonyl (C=O) groups excluding carboxylic acids is 4. The lowest BCUT2D eigenvalue weighted by Crippen LogP contribution is -2.50. The van der Waals surface area contributed by atoms with Crippen molar-refractivity contribution in [1.29, 1.82) is 0 Å². The molecule has 0 unspecified atom stereocenters. The molecule has 1 heterocycles. The van der Waals surface area contributed by atoms with Crippen LogP contribution < -0.4 is 10.6 Å². The van der Waals surface area contributed by atoms with E-state index in [2.05, 4.69) is 10.6 Å². The second-order valence-corrected chi connectivity index (χ2v) is 6.72. The summed E-state index contributed by atoms with van der Waals surface area (Å²) >= 11 is 0. The van der Waals surface area contributed by atoms with Crippen molar-refractivity contribution in [3.8, 4) is 0 Å². The highest BCUT2D eigenvalue weighted by Crippen LogP contribution is 2.15. The normalized spacial score (nSPS) is 13.8. The van der Waals surface area contributed by atoms with Crippen LogP contribution in [0.2, 0.25) is 0 Å². The van der Waals surface area contributed by atoms with E-state index in [1.807, 2.05) is 31.2 Å². The summed E-state index contributed by atoms with van der Waals surface area (Å²) in [4.78, 5) is 50.8. The van der Waals surface area contributed by atoms with Crippen LogP contribution in [0.3, 0.4) is 0 Å². The Morgan fingerprint density at radius 2 is 1.57 bits per heavy atom. The Morgan fingerprint density at radius 3 is 2.21 bits per heavy atom. The highest BCUT2D eigenvalue weighted by molar-refractivity contribution is 5.95. The van der Waals surface area contributed by atoms with Gasteiger partial charge in [-0.3, -0.25) is 19.2 Å². The molecule has 0 bridgehead atoms. The predicted octanol–water partition coefficient (Wildman–Crippen LogP) is 0.775. The van der Waals surface area contributed by atoms with Gasteiger partial charge >= 0.3 is 0 Å². The van der Waals surface area contributed by atoms with Gasteiger partial charge in [0.1, 0.15) is 0 Å². The minimum atomic E-state index is -0.338. The van der Waals surface area contributed by atoms with E-state index in [0.29, 0.717) is 26.2 Å². The highest BCUT2D eigenvalue weighted by Gasteiger charge is 2.22. The molecule has 1 aromatic rings. The number of anilines is 1. The Kier molecular flexibility index (Phi) is 7.98. The maximum Gasteiger partial charge on any atom is 0.243 e. The molecule has 28 heavy (non-hydrogen) atoms. The lowest BCUT2D eigenvalue weighted by Gasteiger charge is -2.34. The molecule has 0 atom stereocenters. The molecule has 0 spiro atoms. The van der Waals surface area contributed by atoms with Crippen molar-refractivity contribution in [2.24, 2.45) is 0 Å². The number of aryl methyl sites for hydroxylation is 1. The van der Waals surface area contributed by atoms with Gasteiger partial charge in [-0.05, 0) is 18.1 Å². The van der Waals surface area contributed by atoms with Crippen LogP contribution in [0.15, 0.2) is 24.3 Å². The Labute approximate surface area is 165 Å². The molecule has 0 radical (unpaired) electrons. The molecule has 2 rings (SSSR count). The van der Waals surface area contributed by atoms with E-state index >= 15 is 0 Å². The molecule has 1 aliphatic heterocycles. The first-order valence-electron chi connectivity index (χ1n) is 9.58. The number of nitrogens with zero attached hydrogens (tertiary/aromatic N) is 2. The zero-order valence-electron chi connectivity index (χ0n) is 16.5. The fourth-order valence-electron chi connectivity index (χ4n) is 3.06. The number of piperazine rings is 1. The van der Waals surface area contributed by atoms with Gasteiger partial charge in [0.15, 0.2) is 0 Å². The molecule has 0 aliphatic carbocycles. The van der Waals surface area contributed by atoms with E-state index in [4.69, 9.17) is 0 Å². The fourth-order valence-corrected chi connectivity index (χ4v) is 3.06. The molecule has 8 heteroatoms. The first-order chi connectivity index (χ1) is 13.4. The Balaban J connectivity index is 1.67. The summed E-state index contributed by atoms with van der Waals surface area (Å²) in [5.74, 6) is -0.749. The molecule has 152 valence electrons. The summed E-state index contributed by atoms with van der Waals surface area (Å²) < 4.78 is 0. The monoisotopic (exact) mass is 388 g/mol. The Bertz CT molecular complexity index is 727. The van der Waals surface area contributed by atoms with E-state index in [1.54, 1.807) is 9.80 Å². The van der Waals surface area contributed by atoms with Crippen LogP contribution in [0, 0.1) is 0 Å². The number of benzene rings is 1. The van der Waals surface area contributed by atoms with Crippen LogP contribution in [0.4, 0.5) is 5.69 Å². The van der Waals surface area contributed by atoms with Gasteiger partial charge in [-0.2, -0.15) is 0 Å². The average Bonchev–Trinajstić information content (AvgIpc) is 2.70. The van der Waals surface area contributed by atoms with Gasteiger partial charge in [0.05, 0.1) is 6.54 Å². The first kappa shape index (κ1) is 21.4. The third-order valence-electron chi connectivity index (χ3n) is 4.76. The largest absolute Gasteiger partial charge is 0.347 e. The van der Waals surface area contributed by atoms with Crippen molar-refractivity contribution in [1.82, 2.24) is 15.1 Å². The molecule has 4 amide bonds. The van der Waals surface area contributed by atoms with Gasteiger partial charge in [0.2, 0.25) is 23.6 Å². The number of amides is 4. The smallest absolute Gasteiger partial charge is 0.243 e. The highest BCUT2D eigenvalue weighted by atomic mass is 16.2. The van der Waals surface area contributed by atoms with E-state index in [-0.39, 0.29) is 43.0 Å². The van der Waals surface area contributed by atoms with Gasteiger partial charge < -0.3 is 20.4 Å². The second-order valence-electron chi connectivity index (χ2n) is 6.72. The van der Waals surface area contributed by atoms with Gasteiger partial charge in [-0.1, -0.05) is 25.1 Å². The molecule has 1 aromatic carbocycles. The van der Waals surface area contributed by atoms with E-state index in [9.17, 15) is 19.2 Å². The topological polar surface area (TPSA) is 98.8 Å². The summed E-state index contributed by atoms with van der Waals surface area (Å²) in [6.07, 6.45) is 0.919. The van der Waals surface area contributed by atoms with Crippen LogP contribution in [0.5, 0.6) is 0 Å². The molecule has 0 saturated carbocycles. The maximum absolute atomic E-state index is 12.2. The zero-order valence-corrected chi connectivity index (χ0v) is 16.5. The number of rotatable bonds is 7. The summed E-state index contributed by atoms with van der Waals surface area (Å²) in [7, 11) is 0. The van der Waals surface area contributed by atoms with Crippen molar-refractivity contribution in [2.75, 3.05) is 38.0 Å². The summed E-state index contributed by atoms with van der Waals surface area (Å²) in [5.41, 5.74) is 1.77. The summed E-state index contributed by atoms with van der Waals surface area (Å²) in [6, 6.07) is 7.52. The predicted molar refractivity (Wildman–Crippen MR) is 106 cm³/mol. The van der Waals surface area contributed by atoms with Gasteiger partial charge in [0.25, 0.3) is 0 Å². The fraction of sp³-hybridized carbons (Fsp3) is 0.500. The number of hydrogen-bond acceptors (Lipinski definition) is 4. The SMILES string of the molecule is CCc1ccccc1NC(=O)CNC(=O)CCC(=O)N1CCN(C(C)=O)CC1. The summed E-state index contributed by atoms with van der Waals surface area (Å²) in [5, 5.41) is 5.33. The Hall–Kier alpha value is -2.90. The van der Waals surface area contributed by atoms with Crippen molar-refractivity contribution in [3.05, 3.63) is 29.8 Å². The van der Waals surface area contributed by atoms with Crippen molar-refractivity contribution < 1.29 is 19.2 Å². The van der Waals surface area contributed by atoms with Crippen LogP contribution in [-0.2, 0) is 25.6 Å². The molecule has 2 N–H and O–H groups in total. The summed E-state index contributed by atoms with van der Waals surface area (Å²) in [6.45, 7) is 5.39. The van der Waals surface area contributed by atoms with Crippen LogP contribution in [0.25, 0.3) is 0 Å². The van der Waals surface area contributed by atoms with Crippen LogP contribution >= 0.6 is 0 Å². The van der Waals surface area contributed by atoms with Crippen LogP contribution in [0.1, 0.15) is 32.3 Å². The minimum absolute atomic E-state index is 0.00585. The lowest BCUT2D eigenvalue weighted by molar-refractivity contribution is -0.139. The van der Waals surface area contributed by atoms with Crippen molar-refractivity contribution in [2.45, 2.75) is 33.1 Å². The van der Waals surface area contributed by atoms with E-state index < -0.39 is 0 Å². The van der Waals surface area contributed by atoms with Crippen molar-refractivity contribution in [3.63, 3.8) is 0 Å². The minimum Gasteiger partial charge on any atom is -0.347 e. The maximum atomic E-state index is 12.2. The number of nitrogens with one attached hydrogen (secondary N) is 2. The first-order valence-corrected chi connectivity index (χ1v) is 9.58. The molecule has 1 fully saturated rings. The van der Waals surface area contributed by atoms with Crippen LogP contribution in [-0.4, -0.2) is 66.2 Å². The third kappa shape index (κ3) is 6.37. The third-order valence-corrected chi connectivity index (χ3v) is 4.76. The lowest BCUT2D eigenvalue weighted by atomic mass is 10.1. The van der Waals surface area contributed by atoms with E-state index in [0.717, 1.165) is 17.7 Å². The average molecular weight is 388 g/mol. The molecule has 1 saturated heterocycles. The molecule has 1 aliphatic rings. The number of para-hydroxylation sites is 1. The standard InChI is InChI=1S/C20H28N4O4/c1-3-16-6-4-5-7-17(16)22-19(27)14-21-18(26)8-9-20(28)24-12-10-23(11-13-24)15(2)25/h4-7H,3,8-14H2,1-2H3,(H,21,26)(H,22,27). The van der Waals surface area contributed by atoms with Gasteiger partial charge in [-0.25, -0.2) is 0 Å². The van der Waals surface area contributed by atoms with E-state index in [1.165, 1.54) is 6.92 Å². The quantitative estimate of drug-likeness (QED) is 0.721. The van der Waals surface area contributed by atoms with Gasteiger partial charge in [0, 0.05) is 51.6 Å². The molecular weight excluding hydrogens is 360 g/mol. The second kappa shape index (κ2) is 10.4. The number of carbonyl (C=O) groups is 4. The van der Waals surface area contributed by atoms with Crippen molar-refractivity contribution >= 4 is 29.3 Å². The molecule has 8 nitrogen and oxygen atoms in total. The molecular formula is C20H28N4O4. The Morgan fingerprint density at radius 1 is 0.929 bits per heavy atom. The van der Waals surface area contributed by atoms with Gasteiger partial charge in [-0.15, -0.1) is 0 Å². The number of hydrogen-bond donors (Lipinski definition) is 2.